The lowest BCUT2D eigenvalue weighted by Gasteiger charge is -2.13. The molecule has 1 N–H and O–H groups in total. The molecule has 0 saturated heterocycles. The van der Waals surface area contributed by atoms with Crippen LogP contribution >= 0.6 is 15.9 Å². The summed E-state index contributed by atoms with van der Waals surface area (Å²) in [6.45, 7) is 2.23. The van der Waals surface area contributed by atoms with Crippen LogP contribution in [0.4, 0.5) is 0 Å². The number of ether oxygens (including phenoxy) is 2. The first-order valence-corrected chi connectivity index (χ1v) is 7.36. The molecule has 0 atom stereocenters. The summed E-state index contributed by atoms with van der Waals surface area (Å²) < 4.78 is 11.4. The lowest BCUT2D eigenvalue weighted by Crippen LogP contribution is -2.10. The number of nitrogens with zero attached hydrogens (tertiary/aromatic N) is 1. The third-order valence-corrected chi connectivity index (χ3v) is 3.33. The second-order valence-corrected chi connectivity index (χ2v) is 5.12. The number of carbonyl (C=O) groups is 1. The minimum atomic E-state index is -0.481. The molecule has 0 aliphatic carbocycles. The van der Waals surface area contributed by atoms with Crippen LogP contribution in [0.25, 0.3) is 0 Å². The molecule has 2 aromatic rings. The van der Waals surface area contributed by atoms with Gasteiger partial charge in [0.05, 0.1) is 22.9 Å². The SMILES string of the molecule is CCOc1cc(/C=N/O)cc(Br)c1OC(=O)c1ccccc1. The van der Waals surface area contributed by atoms with E-state index in [1.165, 1.54) is 6.21 Å². The van der Waals surface area contributed by atoms with E-state index in [-0.39, 0.29) is 5.75 Å². The first-order valence-electron chi connectivity index (χ1n) is 6.56. The van der Waals surface area contributed by atoms with Crippen LogP contribution in [0.15, 0.2) is 52.1 Å². The predicted molar refractivity (Wildman–Crippen MR) is 86.1 cm³/mol. The van der Waals surface area contributed by atoms with E-state index >= 15 is 0 Å². The van der Waals surface area contributed by atoms with Gasteiger partial charge in [-0.25, -0.2) is 4.79 Å². The molecule has 0 aromatic heterocycles. The highest BCUT2D eigenvalue weighted by atomic mass is 79.9. The Labute approximate surface area is 136 Å². The van der Waals surface area contributed by atoms with Crippen molar-refractivity contribution in [1.82, 2.24) is 0 Å². The molecule has 0 saturated carbocycles. The van der Waals surface area contributed by atoms with E-state index in [9.17, 15) is 4.79 Å². The molecule has 0 fully saturated rings. The molecular weight excluding hydrogens is 350 g/mol. The summed E-state index contributed by atoms with van der Waals surface area (Å²) in [6.07, 6.45) is 1.26. The van der Waals surface area contributed by atoms with Crippen molar-refractivity contribution in [1.29, 1.82) is 0 Å². The third-order valence-electron chi connectivity index (χ3n) is 2.74. The molecule has 0 heterocycles. The zero-order chi connectivity index (χ0) is 15.9. The van der Waals surface area contributed by atoms with Gasteiger partial charge in [0.15, 0.2) is 11.5 Å². The van der Waals surface area contributed by atoms with Crippen molar-refractivity contribution >= 4 is 28.1 Å². The number of oxime groups is 1. The van der Waals surface area contributed by atoms with Crippen LogP contribution in [0.5, 0.6) is 11.5 Å². The van der Waals surface area contributed by atoms with Gasteiger partial charge in [-0.1, -0.05) is 23.4 Å². The Bertz CT molecular complexity index is 686. The zero-order valence-corrected chi connectivity index (χ0v) is 13.4. The number of benzene rings is 2. The fraction of sp³-hybridized carbons (Fsp3) is 0.125. The second kappa shape index (κ2) is 7.61. The fourth-order valence-corrected chi connectivity index (χ4v) is 2.36. The quantitative estimate of drug-likeness (QED) is 0.288. The summed E-state index contributed by atoms with van der Waals surface area (Å²) in [5.41, 5.74) is 1.05. The molecule has 0 unspecified atom stereocenters. The molecule has 0 bridgehead atoms. The molecule has 0 aliphatic heterocycles. The van der Waals surface area contributed by atoms with Crippen molar-refractivity contribution in [3.05, 3.63) is 58.1 Å². The highest BCUT2D eigenvalue weighted by Crippen LogP contribution is 2.37. The van der Waals surface area contributed by atoms with Gasteiger partial charge in [0.1, 0.15) is 0 Å². The van der Waals surface area contributed by atoms with Gasteiger partial charge in [0.2, 0.25) is 0 Å². The average Bonchev–Trinajstić information content (AvgIpc) is 2.52. The van der Waals surface area contributed by atoms with E-state index in [0.29, 0.717) is 28.0 Å². The molecule has 6 heteroatoms. The third kappa shape index (κ3) is 3.85. The molecule has 114 valence electrons. The molecule has 2 rings (SSSR count). The smallest absolute Gasteiger partial charge is 0.343 e. The summed E-state index contributed by atoms with van der Waals surface area (Å²) in [4.78, 5) is 12.2. The van der Waals surface area contributed by atoms with Crippen molar-refractivity contribution in [2.45, 2.75) is 6.92 Å². The van der Waals surface area contributed by atoms with Crippen LogP contribution in [-0.2, 0) is 0 Å². The molecular formula is C16H14BrNO4. The van der Waals surface area contributed by atoms with Gasteiger partial charge in [-0.2, -0.15) is 0 Å². The lowest BCUT2D eigenvalue weighted by molar-refractivity contribution is 0.0727. The minimum Gasteiger partial charge on any atom is -0.490 e. The first-order chi connectivity index (χ1) is 10.7. The normalized spacial score (nSPS) is 10.6. The van der Waals surface area contributed by atoms with Crippen LogP contribution in [0, 0.1) is 0 Å². The molecule has 22 heavy (non-hydrogen) atoms. The Balaban J connectivity index is 2.35. The fourth-order valence-electron chi connectivity index (χ4n) is 1.82. The van der Waals surface area contributed by atoms with Crippen LogP contribution < -0.4 is 9.47 Å². The van der Waals surface area contributed by atoms with Gasteiger partial charge in [0.25, 0.3) is 0 Å². The van der Waals surface area contributed by atoms with Crippen LogP contribution in [-0.4, -0.2) is 24.0 Å². The standard InChI is InChI=1S/C16H14BrNO4/c1-2-21-14-9-11(10-18-20)8-13(17)15(14)22-16(19)12-6-4-3-5-7-12/h3-10,20H,2H2,1H3/b18-10+. The maximum absolute atomic E-state index is 12.2. The number of esters is 1. The summed E-state index contributed by atoms with van der Waals surface area (Å²) in [7, 11) is 0. The Kier molecular flexibility index (Phi) is 5.55. The lowest BCUT2D eigenvalue weighted by atomic mass is 10.2. The van der Waals surface area contributed by atoms with E-state index in [1.54, 1.807) is 36.4 Å². The number of hydrogen-bond donors (Lipinski definition) is 1. The van der Waals surface area contributed by atoms with Gasteiger partial charge >= 0.3 is 5.97 Å². The van der Waals surface area contributed by atoms with E-state index in [1.807, 2.05) is 13.0 Å². The summed E-state index contributed by atoms with van der Waals surface area (Å²) >= 11 is 3.34. The topological polar surface area (TPSA) is 68.1 Å². The van der Waals surface area contributed by atoms with Crippen LogP contribution in [0.3, 0.4) is 0 Å². The Morgan fingerprint density at radius 3 is 2.68 bits per heavy atom. The Morgan fingerprint density at radius 1 is 1.32 bits per heavy atom. The molecule has 5 nitrogen and oxygen atoms in total. The molecule has 0 spiro atoms. The van der Waals surface area contributed by atoms with Crippen LogP contribution in [0.1, 0.15) is 22.8 Å². The zero-order valence-electron chi connectivity index (χ0n) is 11.8. The van der Waals surface area contributed by atoms with Gasteiger partial charge in [0, 0.05) is 5.56 Å². The largest absolute Gasteiger partial charge is 0.490 e. The van der Waals surface area contributed by atoms with Crippen LogP contribution in [0.2, 0.25) is 0 Å². The molecule has 2 aromatic carbocycles. The van der Waals surface area contributed by atoms with Gasteiger partial charge in [-0.3, -0.25) is 0 Å². The summed E-state index contributed by atoms with van der Waals surface area (Å²) in [5.74, 6) is 0.188. The predicted octanol–water partition coefficient (Wildman–Crippen LogP) is 3.88. The van der Waals surface area contributed by atoms with E-state index < -0.39 is 5.97 Å². The van der Waals surface area contributed by atoms with Crippen molar-refractivity contribution in [2.75, 3.05) is 6.61 Å². The van der Waals surface area contributed by atoms with Gasteiger partial charge in [-0.05, 0) is 47.1 Å². The summed E-state index contributed by atoms with van der Waals surface area (Å²) in [5, 5.41) is 11.6. The number of carbonyl (C=O) groups excluding carboxylic acids is 1. The van der Waals surface area contributed by atoms with E-state index in [0.717, 1.165) is 0 Å². The summed E-state index contributed by atoms with van der Waals surface area (Å²) in [6, 6.07) is 12.0. The highest BCUT2D eigenvalue weighted by Gasteiger charge is 2.16. The van der Waals surface area contributed by atoms with Crippen molar-refractivity contribution in [2.24, 2.45) is 5.16 Å². The first kappa shape index (κ1) is 16.0. The second-order valence-electron chi connectivity index (χ2n) is 4.26. The van der Waals surface area contributed by atoms with Gasteiger partial charge in [-0.15, -0.1) is 0 Å². The van der Waals surface area contributed by atoms with E-state index in [2.05, 4.69) is 21.1 Å². The Hall–Kier alpha value is -2.34. The van der Waals surface area contributed by atoms with Crippen molar-refractivity contribution < 1.29 is 19.5 Å². The molecule has 0 amide bonds. The van der Waals surface area contributed by atoms with Crippen molar-refractivity contribution in [3.8, 4) is 11.5 Å². The van der Waals surface area contributed by atoms with Gasteiger partial charge < -0.3 is 14.7 Å². The molecule has 0 radical (unpaired) electrons. The Morgan fingerprint density at radius 2 is 2.05 bits per heavy atom. The maximum atomic E-state index is 12.2. The molecule has 0 aliphatic rings. The number of rotatable bonds is 5. The van der Waals surface area contributed by atoms with Crippen molar-refractivity contribution in [3.63, 3.8) is 0 Å². The average molecular weight is 364 g/mol. The number of halogens is 1. The van der Waals surface area contributed by atoms with E-state index in [4.69, 9.17) is 14.7 Å². The maximum Gasteiger partial charge on any atom is 0.343 e. The highest BCUT2D eigenvalue weighted by molar-refractivity contribution is 9.10. The minimum absolute atomic E-state index is 0.283. The monoisotopic (exact) mass is 363 g/mol. The number of hydrogen-bond acceptors (Lipinski definition) is 5.